The van der Waals surface area contributed by atoms with E-state index in [1.54, 1.807) is 44.5 Å². The van der Waals surface area contributed by atoms with Gasteiger partial charge in [0.1, 0.15) is 29.7 Å². The molecule has 0 spiro atoms. The standard InChI is InChI=1S/C37H51N3O8/c1-8-10-17-30(21-26-15-12-11-13-16-26)48-37(45)39-31(20-25(3)4)34(41)38-32(36(43)44)22-27(14-9-2)35(42)40(5)24-28-18-19-29(46-6)23-33(28)47-7/h8-9,11-13,15-16,18-19,23,25,27,30-32H,1-2,10,14,17,20-22,24H2,3-7H3,(H,38,41)(H,39,45)(H,43,44)/t27?,30?,31-,32-/m0/s1. The SMILES string of the molecule is C=CCCC(Cc1ccccc1)OC(=O)N[C@@H](CC(C)C)C(=O)N[C@@H](CC(CC=C)C(=O)N(C)Cc1ccc(OC)cc1OC)C(=O)O. The summed E-state index contributed by atoms with van der Waals surface area (Å²) < 4.78 is 16.4. The average molecular weight is 666 g/mol. The van der Waals surface area contributed by atoms with Gasteiger partial charge in [0.2, 0.25) is 11.8 Å². The molecule has 0 bridgehead atoms. The number of allylic oxidation sites excluding steroid dienone is 2. The molecule has 0 aliphatic rings. The predicted molar refractivity (Wildman–Crippen MR) is 185 cm³/mol. The molecule has 3 N–H and O–H groups in total. The summed E-state index contributed by atoms with van der Waals surface area (Å²) in [4.78, 5) is 54.0. The summed E-state index contributed by atoms with van der Waals surface area (Å²) >= 11 is 0. The van der Waals surface area contributed by atoms with Gasteiger partial charge >= 0.3 is 12.1 Å². The van der Waals surface area contributed by atoms with Crippen LogP contribution in [0.25, 0.3) is 0 Å². The highest BCUT2D eigenvalue weighted by Crippen LogP contribution is 2.26. The average Bonchev–Trinajstić information content (AvgIpc) is 3.06. The Hall–Kier alpha value is -4.80. The lowest BCUT2D eigenvalue weighted by atomic mass is 9.94. The van der Waals surface area contributed by atoms with Gasteiger partial charge in [-0.3, -0.25) is 9.59 Å². The summed E-state index contributed by atoms with van der Waals surface area (Å²) in [5.74, 6) is -1.96. The number of nitrogens with zero attached hydrogens (tertiary/aromatic N) is 1. The molecule has 262 valence electrons. The fraction of sp³-hybridized carbons (Fsp3) is 0.459. The Balaban J connectivity index is 2.16. The smallest absolute Gasteiger partial charge is 0.408 e. The molecule has 48 heavy (non-hydrogen) atoms. The molecule has 0 aliphatic carbocycles. The van der Waals surface area contributed by atoms with Crippen molar-refractivity contribution < 1.29 is 38.5 Å². The molecule has 0 saturated heterocycles. The second-order valence-corrected chi connectivity index (χ2v) is 12.1. The maximum Gasteiger partial charge on any atom is 0.408 e. The summed E-state index contributed by atoms with van der Waals surface area (Å²) in [5, 5.41) is 15.3. The second-order valence-electron chi connectivity index (χ2n) is 12.1. The Morgan fingerprint density at radius 3 is 2.23 bits per heavy atom. The number of carbonyl (C=O) groups is 4. The highest BCUT2D eigenvalue weighted by atomic mass is 16.6. The van der Waals surface area contributed by atoms with E-state index in [0.29, 0.717) is 30.8 Å². The molecule has 0 saturated carbocycles. The first-order chi connectivity index (χ1) is 22.9. The zero-order valence-electron chi connectivity index (χ0n) is 28.8. The fourth-order valence-corrected chi connectivity index (χ4v) is 5.32. The molecule has 4 atom stereocenters. The lowest BCUT2D eigenvalue weighted by Gasteiger charge is -2.27. The Morgan fingerprint density at radius 1 is 0.938 bits per heavy atom. The van der Waals surface area contributed by atoms with Crippen LogP contribution in [0.4, 0.5) is 4.79 Å². The van der Waals surface area contributed by atoms with Crippen molar-refractivity contribution in [2.24, 2.45) is 11.8 Å². The van der Waals surface area contributed by atoms with Crippen LogP contribution in [0.2, 0.25) is 0 Å². The molecule has 11 heteroatoms. The van der Waals surface area contributed by atoms with E-state index in [1.165, 1.54) is 12.0 Å². The normalized spacial score (nSPS) is 13.3. The van der Waals surface area contributed by atoms with Gasteiger partial charge in [-0.25, -0.2) is 9.59 Å². The number of nitrogens with one attached hydrogen (secondary N) is 2. The number of hydrogen-bond donors (Lipinski definition) is 3. The highest BCUT2D eigenvalue weighted by molar-refractivity contribution is 5.89. The van der Waals surface area contributed by atoms with Gasteiger partial charge in [0.05, 0.1) is 14.2 Å². The molecule has 2 aromatic carbocycles. The van der Waals surface area contributed by atoms with Crippen molar-refractivity contribution in [3.63, 3.8) is 0 Å². The first kappa shape index (κ1) is 39.4. The fourth-order valence-electron chi connectivity index (χ4n) is 5.32. The zero-order chi connectivity index (χ0) is 35.6. The van der Waals surface area contributed by atoms with Gasteiger partial charge in [-0.05, 0) is 55.7 Å². The molecule has 0 aromatic heterocycles. The number of carbonyl (C=O) groups excluding carboxylic acids is 3. The Morgan fingerprint density at radius 2 is 1.65 bits per heavy atom. The van der Waals surface area contributed by atoms with Gasteiger partial charge in [0.25, 0.3) is 0 Å². The lowest BCUT2D eigenvalue weighted by Crippen LogP contribution is -2.53. The largest absolute Gasteiger partial charge is 0.497 e. The van der Waals surface area contributed by atoms with Crippen molar-refractivity contribution in [2.75, 3.05) is 21.3 Å². The van der Waals surface area contributed by atoms with Gasteiger partial charge < -0.3 is 34.9 Å². The Bertz CT molecular complexity index is 1360. The molecule has 2 unspecified atom stereocenters. The van der Waals surface area contributed by atoms with Crippen LogP contribution >= 0.6 is 0 Å². The molecule has 2 aromatic rings. The number of alkyl carbamates (subject to hydrolysis) is 1. The first-order valence-corrected chi connectivity index (χ1v) is 16.1. The minimum Gasteiger partial charge on any atom is -0.497 e. The third-order valence-corrected chi connectivity index (χ3v) is 7.80. The van der Waals surface area contributed by atoms with E-state index >= 15 is 0 Å². The maximum atomic E-state index is 13.6. The van der Waals surface area contributed by atoms with Gasteiger partial charge in [-0.1, -0.05) is 56.3 Å². The summed E-state index contributed by atoms with van der Waals surface area (Å²) in [6.45, 7) is 11.5. The molecule has 2 rings (SSSR count). The van der Waals surface area contributed by atoms with E-state index in [9.17, 15) is 24.3 Å². The zero-order valence-corrected chi connectivity index (χ0v) is 28.8. The summed E-state index contributed by atoms with van der Waals surface area (Å²) in [5.41, 5.74) is 1.73. The number of aliphatic carboxylic acids is 1. The van der Waals surface area contributed by atoms with E-state index < -0.39 is 42.1 Å². The lowest BCUT2D eigenvalue weighted by molar-refractivity contribution is -0.143. The van der Waals surface area contributed by atoms with Crippen LogP contribution in [0.15, 0.2) is 73.8 Å². The number of amides is 3. The van der Waals surface area contributed by atoms with Crippen LogP contribution in [0, 0.1) is 11.8 Å². The maximum absolute atomic E-state index is 13.6. The molecule has 11 nitrogen and oxygen atoms in total. The predicted octanol–water partition coefficient (Wildman–Crippen LogP) is 5.53. The molecule has 3 amide bonds. The van der Waals surface area contributed by atoms with E-state index in [1.807, 2.05) is 44.2 Å². The minimum absolute atomic E-state index is 0.0103. The van der Waals surface area contributed by atoms with E-state index in [2.05, 4.69) is 23.8 Å². The van der Waals surface area contributed by atoms with E-state index in [4.69, 9.17) is 14.2 Å². The topological polar surface area (TPSA) is 144 Å². The van der Waals surface area contributed by atoms with Crippen LogP contribution < -0.4 is 20.1 Å². The Labute approximate surface area is 284 Å². The summed E-state index contributed by atoms with van der Waals surface area (Å²) in [7, 11) is 4.68. The molecule has 0 heterocycles. The summed E-state index contributed by atoms with van der Waals surface area (Å²) in [6, 6.07) is 12.4. The number of ether oxygens (including phenoxy) is 3. The van der Waals surface area contributed by atoms with Crippen LogP contribution in [-0.2, 0) is 32.1 Å². The third kappa shape index (κ3) is 13.1. The molecular formula is C37H51N3O8. The number of carboxylic acid groups (broad SMARTS) is 1. The van der Waals surface area contributed by atoms with Crippen molar-refractivity contribution in [3.05, 3.63) is 85.0 Å². The van der Waals surface area contributed by atoms with Gasteiger partial charge in [0, 0.05) is 37.6 Å². The second kappa shape index (κ2) is 20.4. The van der Waals surface area contributed by atoms with Gasteiger partial charge in [0.15, 0.2) is 0 Å². The van der Waals surface area contributed by atoms with Crippen molar-refractivity contribution in [3.8, 4) is 11.5 Å². The molecule has 0 aliphatic heterocycles. The van der Waals surface area contributed by atoms with E-state index in [-0.39, 0.29) is 37.6 Å². The van der Waals surface area contributed by atoms with Crippen molar-refractivity contribution in [1.29, 1.82) is 0 Å². The van der Waals surface area contributed by atoms with Crippen LogP contribution in [0.1, 0.15) is 57.1 Å². The van der Waals surface area contributed by atoms with Crippen LogP contribution in [0.3, 0.4) is 0 Å². The number of rotatable bonds is 21. The molecule has 0 radical (unpaired) electrons. The quantitative estimate of drug-likeness (QED) is 0.148. The number of benzene rings is 2. The van der Waals surface area contributed by atoms with Crippen molar-refractivity contribution >= 4 is 23.9 Å². The highest BCUT2D eigenvalue weighted by Gasteiger charge is 2.32. The molecular weight excluding hydrogens is 614 g/mol. The van der Waals surface area contributed by atoms with Gasteiger partial charge in [-0.2, -0.15) is 0 Å². The minimum atomic E-state index is -1.40. The number of hydrogen-bond acceptors (Lipinski definition) is 7. The van der Waals surface area contributed by atoms with Crippen LogP contribution in [-0.4, -0.2) is 73.3 Å². The van der Waals surface area contributed by atoms with Gasteiger partial charge in [-0.15, -0.1) is 13.2 Å². The third-order valence-electron chi connectivity index (χ3n) is 7.80. The van der Waals surface area contributed by atoms with Crippen LogP contribution in [0.5, 0.6) is 11.5 Å². The van der Waals surface area contributed by atoms with Crippen molar-refractivity contribution in [1.82, 2.24) is 15.5 Å². The first-order valence-electron chi connectivity index (χ1n) is 16.1. The number of methoxy groups -OCH3 is 2. The van der Waals surface area contributed by atoms with Crippen molar-refractivity contribution in [2.45, 2.75) is 77.1 Å². The van der Waals surface area contributed by atoms with E-state index in [0.717, 1.165) is 11.1 Å². The summed E-state index contributed by atoms with van der Waals surface area (Å²) in [6.07, 6.45) is 3.98. The number of carboxylic acids is 1. The molecule has 0 fully saturated rings. The Kier molecular flexibility index (Phi) is 16.8. The monoisotopic (exact) mass is 665 g/mol.